The minimum absolute atomic E-state index is 0.187. The number of nitrogens with one attached hydrogen (secondary N) is 1. The second-order valence-electron chi connectivity index (χ2n) is 6.60. The number of carbonyl (C=O) groups excluding carboxylic acids is 1. The Hall–Kier alpha value is -3.93. The third-order valence-electron chi connectivity index (χ3n) is 4.55. The predicted molar refractivity (Wildman–Crippen MR) is 114 cm³/mol. The fourth-order valence-electron chi connectivity index (χ4n) is 3.05. The van der Waals surface area contributed by atoms with Crippen LogP contribution in [0.15, 0.2) is 78.9 Å². The molecular weight excluding hydrogens is 383 g/mol. The van der Waals surface area contributed by atoms with Crippen LogP contribution < -0.4 is 14.8 Å². The van der Waals surface area contributed by atoms with Gasteiger partial charge in [0.05, 0.1) is 18.3 Å². The summed E-state index contributed by atoms with van der Waals surface area (Å²) in [4.78, 5) is 17.0. The highest BCUT2D eigenvalue weighted by atomic mass is 19.1. The fourth-order valence-corrected chi connectivity index (χ4v) is 3.05. The van der Waals surface area contributed by atoms with Gasteiger partial charge in [0.25, 0.3) is 5.91 Å². The molecule has 150 valence electrons. The maximum absolute atomic E-state index is 13.0. The van der Waals surface area contributed by atoms with E-state index in [0.717, 1.165) is 27.9 Å². The summed E-state index contributed by atoms with van der Waals surface area (Å²) in [6, 6.07) is 22.5. The number of carbonyl (C=O) groups is 1. The highest BCUT2D eigenvalue weighted by Gasteiger charge is 2.11. The van der Waals surface area contributed by atoms with E-state index in [4.69, 9.17) is 14.5 Å². The molecule has 1 amide bonds. The van der Waals surface area contributed by atoms with Crippen molar-refractivity contribution < 1.29 is 18.7 Å². The molecule has 0 aliphatic heterocycles. The van der Waals surface area contributed by atoms with Crippen LogP contribution in [0.5, 0.6) is 11.5 Å². The molecule has 0 saturated heterocycles. The number of ether oxygens (including phenoxy) is 2. The Kier molecular flexibility index (Phi) is 5.57. The Balaban J connectivity index is 1.57. The SMILES string of the molecule is COc1ccc(-c2cc(OCC(=O)Nc3ccc(F)cc3)c3ccccc3n2)cc1. The van der Waals surface area contributed by atoms with Gasteiger partial charge in [-0.1, -0.05) is 12.1 Å². The van der Waals surface area contributed by atoms with Crippen LogP contribution in [0.1, 0.15) is 0 Å². The Morgan fingerprint density at radius 3 is 2.47 bits per heavy atom. The Bertz CT molecular complexity index is 1180. The van der Waals surface area contributed by atoms with Gasteiger partial charge in [0.2, 0.25) is 0 Å². The van der Waals surface area contributed by atoms with Crippen molar-refractivity contribution in [1.82, 2.24) is 4.98 Å². The van der Waals surface area contributed by atoms with E-state index in [9.17, 15) is 9.18 Å². The Labute approximate surface area is 173 Å². The van der Waals surface area contributed by atoms with Crippen LogP contribution in [0.4, 0.5) is 10.1 Å². The summed E-state index contributed by atoms with van der Waals surface area (Å²) in [7, 11) is 1.62. The summed E-state index contributed by atoms with van der Waals surface area (Å²) in [5, 5.41) is 3.50. The summed E-state index contributed by atoms with van der Waals surface area (Å²) >= 11 is 0. The van der Waals surface area contributed by atoms with E-state index >= 15 is 0 Å². The fraction of sp³-hybridized carbons (Fsp3) is 0.0833. The molecule has 30 heavy (non-hydrogen) atoms. The summed E-state index contributed by atoms with van der Waals surface area (Å²) in [5.74, 6) is 0.612. The third kappa shape index (κ3) is 4.38. The average Bonchev–Trinajstić information content (AvgIpc) is 2.79. The standard InChI is InChI=1S/C24H19FN2O3/c1-29-19-12-6-16(7-13-19)22-14-23(20-4-2-3-5-21(20)27-22)30-15-24(28)26-18-10-8-17(25)9-11-18/h2-14H,15H2,1H3,(H,26,28). The highest BCUT2D eigenvalue weighted by molar-refractivity contribution is 5.93. The minimum atomic E-state index is -0.362. The molecule has 1 aromatic heterocycles. The third-order valence-corrected chi connectivity index (χ3v) is 4.55. The molecule has 0 fully saturated rings. The maximum Gasteiger partial charge on any atom is 0.262 e. The Morgan fingerprint density at radius 2 is 1.73 bits per heavy atom. The summed E-state index contributed by atoms with van der Waals surface area (Å²) < 4.78 is 24.1. The molecule has 0 saturated carbocycles. The largest absolute Gasteiger partial charge is 0.497 e. The van der Waals surface area contributed by atoms with Crippen molar-refractivity contribution in [3.8, 4) is 22.8 Å². The number of aromatic nitrogens is 1. The first-order chi connectivity index (χ1) is 14.6. The first-order valence-electron chi connectivity index (χ1n) is 9.35. The van der Waals surface area contributed by atoms with Crippen LogP contribution in [0.3, 0.4) is 0 Å². The molecule has 4 aromatic rings. The highest BCUT2D eigenvalue weighted by Crippen LogP contribution is 2.30. The van der Waals surface area contributed by atoms with E-state index < -0.39 is 0 Å². The molecule has 0 bridgehead atoms. The Morgan fingerprint density at radius 1 is 1.00 bits per heavy atom. The van der Waals surface area contributed by atoms with Gasteiger partial charge in [0, 0.05) is 22.7 Å². The molecule has 1 heterocycles. The molecular formula is C24H19FN2O3. The van der Waals surface area contributed by atoms with Gasteiger partial charge >= 0.3 is 0 Å². The van der Waals surface area contributed by atoms with Crippen molar-refractivity contribution >= 4 is 22.5 Å². The van der Waals surface area contributed by atoms with E-state index in [2.05, 4.69) is 5.32 Å². The van der Waals surface area contributed by atoms with Gasteiger partial charge in [0.1, 0.15) is 17.3 Å². The number of rotatable bonds is 6. The lowest BCUT2D eigenvalue weighted by molar-refractivity contribution is -0.118. The number of hydrogen-bond donors (Lipinski definition) is 1. The van der Waals surface area contributed by atoms with Crippen LogP contribution in [0.25, 0.3) is 22.2 Å². The van der Waals surface area contributed by atoms with Crippen molar-refractivity contribution in [2.45, 2.75) is 0 Å². The monoisotopic (exact) mass is 402 g/mol. The first kappa shape index (κ1) is 19.4. The number of fused-ring (bicyclic) bond motifs is 1. The molecule has 1 N–H and O–H groups in total. The van der Waals surface area contributed by atoms with E-state index in [-0.39, 0.29) is 18.3 Å². The van der Waals surface area contributed by atoms with Gasteiger partial charge in [-0.25, -0.2) is 9.37 Å². The number of methoxy groups -OCH3 is 1. The van der Waals surface area contributed by atoms with Crippen LogP contribution in [0, 0.1) is 5.82 Å². The second kappa shape index (κ2) is 8.61. The number of pyridine rings is 1. The van der Waals surface area contributed by atoms with Gasteiger partial charge in [-0.2, -0.15) is 0 Å². The molecule has 3 aromatic carbocycles. The number of benzene rings is 3. The lowest BCUT2D eigenvalue weighted by Crippen LogP contribution is -2.20. The van der Waals surface area contributed by atoms with E-state index in [1.54, 1.807) is 7.11 Å². The molecule has 0 atom stereocenters. The van der Waals surface area contributed by atoms with Crippen LogP contribution in [-0.2, 0) is 4.79 Å². The van der Waals surface area contributed by atoms with E-state index in [0.29, 0.717) is 11.4 Å². The van der Waals surface area contributed by atoms with E-state index in [1.165, 1.54) is 24.3 Å². The van der Waals surface area contributed by atoms with Crippen molar-refractivity contribution in [2.75, 3.05) is 19.0 Å². The predicted octanol–water partition coefficient (Wildman–Crippen LogP) is 5.07. The van der Waals surface area contributed by atoms with Crippen LogP contribution in [0.2, 0.25) is 0 Å². The molecule has 5 nitrogen and oxygen atoms in total. The smallest absolute Gasteiger partial charge is 0.262 e. The lowest BCUT2D eigenvalue weighted by atomic mass is 10.1. The van der Waals surface area contributed by atoms with Gasteiger partial charge in [0.15, 0.2) is 6.61 Å². The van der Waals surface area contributed by atoms with E-state index in [1.807, 2.05) is 54.6 Å². The van der Waals surface area contributed by atoms with Gasteiger partial charge in [-0.3, -0.25) is 4.79 Å². The van der Waals surface area contributed by atoms with Crippen molar-refractivity contribution in [1.29, 1.82) is 0 Å². The number of amides is 1. The topological polar surface area (TPSA) is 60.5 Å². The maximum atomic E-state index is 13.0. The van der Waals surface area contributed by atoms with Crippen molar-refractivity contribution in [3.63, 3.8) is 0 Å². The molecule has 6 heteroatoms. The quantitative estimate of drug-likeness (QED) is 0.489. The molecule has 0 spiro atoms. The first-order valence-corrected chi connectivity index (χ1v) is 9.35. The summed E-state index contributed by atoms with van der Waals surface area (Å²) in [6.45, 7) is -0.187. The minimum Gasteiger partial charge on any atom is -0.497 e. The average molecular weight is 402 g/mol. The zero-order valence-corrected chi connectivity index (χ0v) is 16.3. The summed E-state index contributed by atoms with van der Waals surface area (Å²) in [6.07, 6.45) is 0. The van der Waals surface area contributed by atoms with Crippen molar-refractivity contribution in [2.24, 2.45) is 0 Å². The molecule has 4 rings (SSSR count). The lowest BCUT2D eigenvalue weighted by Gasteiger charge is -2.12. The normalized spacial score (nSPS) is 10.6. The number of para-hydroxylation sites is 1. The van der Waals surface area contributed by atoms with Crippen LogP contribution in [-0.4, -0.2) is 24.6 Å². The molecule has 0 aliphatic rings. The summed E-state index contributed by atoms with van der Waals surface area (Å²) in [5.41, 5.74) is 2.90. The number of anilines is 1. The zero-order chi connectivity index (χ0) is 20.9. The second-order valence-corrected chi connectivity index (χ2v) is 6.60. The zero-order valence-electron chi connectivity index (χ0n) is 16.3. The van der Waals surface area contributed by atoms with Crippen molar-refractivity contribution in [3.05, 3.63) is 84.7 Å². The number of hydrogen-bond acceptors (Lipinski definition) is 4. The van der Waals surface area contributed by atoms with Gasteiger partial charge < -0.3 is 14.8 Å². The van der Waals surface area contributed by atoms with Gasteiger partial charge in [-0.05, 0) is 60.7 Å². The number of nitrogens with zero attached hydrogens (tertiary/aromatic N) is 1. The molecule has 0 radical (unpaired) electrons. The molecule has 0 aliphatic carbocycles. The van der Waals surface area contributed by atoms with Crippen LogP contribution >= 0.6 is 0 Å². The number of halogens is 1. The molecule has 0 unspecified atom stereocenters. The van der Waals surface area contributed by atoms with Gasteiger partial charge in [-0.15, -0.1) is 0 Å².